The molecule has 1 aromatic heterocycles. The minimum atomic E-state index is -1.06. The summed E-state index contributed by atoms with van der Waals surface area (Å²) in [7, 11) is 0. The van der Waals surface area contributed by atoms with Crippen LogP contribution < -0.4 is 0 Å². The van der Waals surface area contributed by atoms with Crippen LogP contribution in [-0.4, -0.2) is 40.0 Å². The number of carboxylic acid groups (broad SMARTS) is 1. The van der Waals surface area contributed by atoms with Crippen LogP contribution in [0.1, 0.15) is 29.4 Å². The molecule has 0 aromatic carbocycles. The number of hydrogen-bond acceptors (Lipinski definition) is 4. The standard InChI is InChI=1S/C12H13N3O3/c1-2-5-15(8-11(16)17)12(18)10-4-3-9(6-13)7-14-10/h3-4,7H,2,5,8H2,1H3,(H,16,17). The van der Waals surface area contributed by atoms with Gasteiger partial charge >= 0.3 is 5.97 Å². The Morgan fingerprint density at radius 3 is 2.67 bits per heavy atom. The fourth-order valence-electron chi connectivity index (χ4n) is 1.43. The van der Waals surface area contributed by atoms with E-state index in [0.29, 0.717) is 18.5 Å². The second kappa shape index (κ2) is 6.35. The third kappa shape index (κ3) is 3.56. The van der Waals surface area contributed by atoms with Gasteiger partial charge in [0.15, 0.2) is 0 Å². The summed E-state index contributed by atoms with van der Waals surface area (Å²) in [6.07, 6.45) is 1.95. The molecule has 0 saturated carbocycles. The van der Waals surface area contributed by atoms with Gasteiger partial charge in [0.2, 0.25) is 0 Å². The number of aliphatic carboxylic acids is 1. The Morgan fingerprint density at radius 2 is 2.22 bits per heavy atom. The van der Waals surface area contributed by atoms with E-state index in [2.05, 4.69) is 4.98 Å². The SMILES string of the molecule is CCCN(CC(=O)O)C(=O)c1ccc(C#N)cn1. The van der Waals surface area contributed by atoms with Crippen LogP contribution in [0.15, 0.2) is 18.3 Å². The van der Waals surface area contributed by atoms with Crippen LogP contribution in [0, 0.1) is 11.3 Å². The van der Waals surface area contributed by atoms with E-state index in [0.717, 1.165) is 0 Å². The summed E-state index contributed by atoms with van der Waals surface area (Å²) in [5, 5.41) is 17.3. The first-order valence-corrected chi connectivity index (χ1v) is 5.45. The fourth-order valence-corrected chi connectivity index (χ4v) is 1.43. The first kappa shape index (κ1) is 13.6. The van der Waals surface area contributed by atoms with Gasteiger partial charge in [-0.3, -0.25) is 9.59 Å². The van der Waals surface area contributed by atoms with E-state index in [9.17, 15) is 9.59 Å². The summed E-state index contributed by atoms with van der Waals surface area (Å²) in [5.74, 6) is -1.51. The summed E-state index contributed by atoms with van der Waals surface area (Å²) < 4.78 is 0. The van der Waals surface area contributed by atoms with Crippen LogP contribution >= 0.6 is 0 Å². The highest BCUT2D eigenvalue weighted by atomic mass is 16.4. The van der Waals surface area contributed by atoms with Crippen LogP contribution in [0.25, 0.3) is 0 Å². The lowest BCUT2D eigenvalue weighted by Gasteiger charge is -2.19. The zero-order valence-corrected chi connectivity index (χ0v) is 9.96. The monoisotopic (exact) mass is 247 g/mol. The summed E-state index contributed by atoms with van der Waals surface area (Å²) >= 11 is 0. The van der Waals surface area contributed by atoms with Crippen molar-refractivity contribution >= 4 is 11.9 Å². The van der Waals surface area contributed by atoms with Crippen molar-refractivity contribution in [2.45, 2.75) is 13.3 Å². The predicted molar refractivity (Wildman–Crippen MR) is 62.8 cm³/mol. The van der Waals surface area contributed by atoms with E-state index < -0.39 is 11.9 Å². The number of pyridine rings is 1. The van der Waals surface area contributed by atoms with Gasteiger partial charge in [-0.1, -0.05) is 6.92 Å². The average Bonchev–Trinajstić information content (AvgIpc) is 2.37. The van der Waals surface area contributed by atoms with Crippen molar-refractivity contribution in [3.8, 4) is 6.07 Å². The molecule has 0 unspecified atom stereocenters. The highest BCUT2D eigenvalue weighted by Gasteiger charge is 2.18. The van der Waals surface area contributed by atoms with Gasteiger partial charge in [0.1, 0.15) is 18.3 Å². The zero-order chi connectivity index (χ0) is 13.5. The highest BCUT2D eigenvalue weighted by Crippen LogP contribution is 2.04. The number of rotatable bonds is 5. The molecule has 6 heteroatoms. The summed E-state index contributed by atoms with van der Waals surface area (Å²) in [6.45, 7) is 1.86. The second-order valence-corrected chi connectivity index (χ2v) is 3.66. The molecule has 0 radical (unpaired) electrons. The van der Waals surface area contributed by atoms with E-state index in [4.69, 9.17) is 10.4 Å². The molecule has 0 bridgehead atoms. The molecule has 1 rings (SSSR count). The number of carbonyl (C=O) groups is 2. The van der Waals surface area contributed by atoms with Crippen molar-refractivity contribution in [2.75, 3.05) is 13.1 Å². The molecular formula is C12H13N3O3. The lowest BCUT2D eigenvalue weighted by Crippen LogP contribution is -2.36. The van der Waals surface area contributed by atoms with Crippen LogP contribution in [0.4, 0.5) is 0 Å². The van der Waals surface area contributed by atoms with Crippen molar-refractivity contribution in [3.05, 3.63) is 29.6 Å². The van der Waals surface area contributed by atoms with Gasteiger partial charge in [-0.15, -0.1) is 0 Å². The number of aromatic nitrogens is 1. The molecule has 0 saturated heterocycles. The Kier molecular flexibility index (Phi) is 4.81. The van der Waals surface area contributed by atoms with Gasteiger partial charge in [-0.25, -0.2) is 4.98 Å². The average molecular weight is 247 g/mol. The molecule has 0 spiro atoms. The van der Waals surface area contributed by atoms with Gasteiger partial charge in [-0.2, -0.15) is 5.26 Å². The first-order valence-electron chi connectivity index (χ1n) is 5.45. The maximum atomic E-state index is 12.0. The van der Waals surface area contributed by atoms with E-state index in [1.165, 1.54) is 23.2 Å². The second-order valence-electron chi connectivity index (χ2n) is 3.66. The molecule has 6 nitrogen and oxygen atoms in total. The van der Waals surface area contributed by atoms with Gasteiger partial charge in [0.25, 0.3) is 5.91 Å². The maximum absolute atomic E-state index is 12.0. The topological polar surface area (TPSA) is 94.3 Å². The number of carbonyl (C=O) groups excluding carboxylic acids is 1. The summed E-state index contributed by atoms with van der Waals surface area (Å²) in [4.78, 5) is 27.7. The number of hydrogen-bond donors (Lipinski definition) is 1. The molecule has 0 atom stereocenters. The molecule has 1 aromatic rings. The first-order chi connectivity index (χ1) is 8.58. The zero-order valence-electron chi connectivity index (χ0n) is 9.96. The molecule has 0 aliphatic carbocycles. The molecule has 1 heterocycles. The highest BCUT2D eigenvalue weighted by molar-refractivity contribution is 5.94. The molecule has 18 heavy (non-hydrogen) atoms. The Bertz CT molecular complexity index is 476. The quantitative estimate of drug-likeness (QED) is 0.833. The van der Waals surface area contributed by atoms with Crippen molar-refractivity contribution in [1.82, 2.24) is 9.88 Å². The molecule has 0 fully saturated rings. The van der Waals surface area contributed by atoms with Crippen molar-refractivity contribution in [3.63, 3.8) is 0 Å². The Balaban J connectivity index is 2.87. The lowest BCUT2D eigenvalue weighted by atomic mass is 10.2. The summed E-state index contributed by atoms with van der Waals surface area (Å²) in [6, 6.07) is 4.80. The van der Waals surface area contributed by atoms with Gasteiger partial charge in [-0.05, 0) is 18.6 Å². The maximum Gasteiger partial charge on any atom is 0.323 e. The lowest BCUT2D eigenvalue weighted by molar-refractivity contribution is -0.137. The van der Waals surface area contributed by atoms with Crippen LogP contribution in [0.3, 0.4) is 0 Å². The predicted octanol–water partition coefficient (Wildman–Crippen LogP) is 0.890. The van der Waals surface area contributed by atoms with Crippen LogP contribution in [0.5, 0.6) is 0 Å². The number of nitrogens with zero attached hydrogens (tertiary/aromatic N) is 3. The third-order valence-corrected chi connectivity index (χ3v) is 2.22. The Hall–Kier alpha value is -2.42. The molecule has 1 amide bonds. The molecule has 0 aliphatic heterocycles. The van der Waals surface area contributed by atoms with E-state index >= 15 is 0 Å². The number of carboxylic acids is 1. The molecule has 0 aliphatic rings. The van der Waals surface area contributed by atoms with Crippen LogP contribution in [0.2, 0.25) is 0 Å². The molecule has 94 valence electrons. The summed E-state index contributed by atoms with van der Waals surface area (Å²) in [5.41, 5.74) is 0.496. The fraction of sp³-hybridized carbons (Fsp3) is 0.333. The van der Waals surface area contributed by atoms with Crippen LogP contribution in [-0.2, 0) is 4.79 Å². The minimum Gasteiger partial charge on any atom is -0.480 e. The van der Waals surface area contributed by atoms with Crippen molar-refractivity contribution < 1.29 is 14.7 Å². The van der Waals surface area contributed by atoms with E-state index in [-0.39, 0.29) is 12.2 Å². The Morgan fingerprint density at radius 1 is 1.50 bits per heavy atom. The smallest absolute Gasteiger partial charge is 0.323 e. The molecular weight excluding hydrogens is 234 g/mol. The minimum absolute atomic E-state index is 0.142. The van der Waals surface area contributed by atoms with Crippen molar-refractivity contribution in [2.24, 2.45) is 0 Å². The van der Waals surface area contributed by atoms with E-state index in [1.54, 1.807) is 0 Å². The third-order valence-electron chi connectivity index (χ3n) is 2.22. The number of nitriles is 1. The van der Waals surface area contributed by atoms with E-state index in [1.807, 2.05) is 13.0 Å². The van der Waals surface area contributed by atoms with Gasteiger partial charge in [0.05, 0.1) is 5.56 Å². The van der Waals surface area contributed by atoms with Crippen molar-refractivity contribution in [1.29, 1.82) is 5.26 Å². The van der Waals surface area contributed by atoms with Gasteiger partial charge < -0.3 is 10.0 Å². The van der Waals surface area contributed by atoms with Gasteiger partial charge in [0, 0.05) is 12.7 Å². The normalized spacial score (nSPS) is 9.56. The largest absolute Gasteiger partial charge is 0.480 e. The number of amides is 1. The Labute approximate surface area is 104 Å². The molecule has 1 N–H and O–H groups in total.